The molecule has 0 aromatic heterocycles. The molecule has 3 N–H and O–H groups in total. The number of halogens is 3. The van der Waals surface area contributed by atoms with Crippen LogP contribution in [0.4, 0.5) is 0 Å². The van der Waals surface area contributed by atoms with Gasteiger partial charge in [-0.3, -0.25) is 24.1 Å². The van der Waals surface area contributed by atoms with Crippen molar-refractivity contribution in [1.29, 1.82) is 0 Å². The molecule has 0 amide bonds. The molecule has 21 heteroatoms. The van der Waals surface area contributed by atoms with Crippen molar-refractivity contribution in [2.45, 2.75) is 79.7 Å². The van der Waals surface area contributed by atoms with Gasteiger partial charge < -0.3 is 44.5 Å². The predicted octanol–water partition coefficient (Wildman–Crippen LogP) is 2.70. The number of benzene rings is 6. The van der Waals surface area contributed by atoms with Crippen LogP contribution in [0.2, 0.25) is 0 Å². The normalized spacial score (nSPS) is 10.7. The molecule has 0 saturated heterocycles. The van der Waals surface area contributed by atoms with Gasteiger partial charge in [0.1, 0.15) is 0 Å². The van der Waals surface area contributed by atoms with Crippen LogP contribution < -0.4 is 140 Å². The Hall–Kier alpha value is -2.06. The van der Waals surface area contributed by atoms with E-state index in [4.69, 9.17) is 21.8 Å². The van der Waals surface area contributed by atoms with Crippen LogP contribution >= 0.6 is 71.1 Å². The maximum Gasteiger partial charge on any atom is 1.00 e. The zero-order chi connectivity index (χ0) is 58.2. The first-order chi connectivity index (χ1) is 37.0. The second-order valence-electron chi connectivity index (χ2n) is 17.9. The first-order valence-corrected chi connectivity index (χ1v) is 31.7. The molecule has 6 aromatic carbocycles. The number of aryl methyl sites for hydroxylation is 4. The van der Waals surface area contributed by atoms with Crippen molar-refractivity contribution in [2.24, 2.45) is 0 Å². The van der Waals surface area contributed by atoms with Gasteiger partial charge in [0, 0.05) is 82.9 Å². The van der Waals surface area contributed by atoms with Gasteiger partial charge in [-0.2, -0.15) is 0 Å². The summed E-state index contributed by atoms with van der Waals surface area (Å²) in [6, 6.07) is 39.3. The van der Waals surface area contributed by atoms with E-state index in [1.165, 1.54) is 2.43 Å². The molecule has 6 rings (SSSR count). The van der Waals surface area contributed by atoms with Crippen LogP contribution in [0.5, 0.6) is 0 Å². The van der Waals surface area contributed by atoms with Crippen molar-refractivity contribution in [2.75, 3.05) is 28.6 Å². The standard InChI is InChI=1S/C29H32NO6P.C23H22ClO2P.C6H11NO4.CH2I2.2K/c1-20-18-21(2)28(22(3)25(20)19-30(16-14-26(31)32)17-15-27(33)34)29(35)37(36,23-10-6-4-7-11-23)24-12-8-5-9-13-24;1-16-14-17(2)22(18(3)21(16)15-24)23(25)27(26,19-10-6-4-7-11-19)20-12-8-5-9-13-20;8-5(9)1-3-7-4-2-6(10)11;2-1-3;;/h4-13,18H,14-17,19H2,1-3H3,(H,31,32)(H,33,34);4-14H,15H2,1-3H3;7H,1-4H2,(H,8,9)(H,10,11);1H2;;/q;;;;2*+1/p-2. The molecule has 0 radical (unpaired) electrons. The number of hydrogen-bond donors (Lipinski definition) is 3. The van der Waals surface area contributed by atoms with Crippen molar-refractivity contribution in [1.82, 2.24) is 10.2 Å². The van der Waals surface area contributed by atoms with Crippen LogP contribution in [-0.4, -0.2) is 78.7 Å². The van der Waals surface area contributed by atoms with Crippen LogP contribution in [0.3, 0.4) is 0 Å². The maximum atomic E-state index is 14.7. The Labute approximate surface area is 587 Å². The van der Waals surface area contributed by atoms with Gasteiger partial charge in [-0.15, -0.1) is 11.6 Å². The minimum Gasteiger partial charge on any atom is -0.550 e. The molecule has 0 heterocycles. The number of nitrogens with zero attached hydrogens (tertiary/aromatic N) is 1. The summed E-state index contributed by atoms with van der Waals surface area (Å²) >= 11 is 10.7. The van der Waals surface area contributed by atoms with E-state index in [0.717, 1.165) is 33.4 Å². The molecule has 6 aromatic rings. The summed E-state index contributed by atoms with van der Waals surface area (Å²) in [6.07, 6.45) is -0.473. The minimum atomic E-state index is -3.74. The zero-order valence-corrected chi connectivity index (χ0v) is 59.5. The Morgan fingerprint density at radius 2 is 0.800 bits per heavy atom. The molecule has 416 valence electrons. The summed E-state index contributed by atoms with van der Waals surface area (Å²) in [7, 11) is -7.25. The van der Waals surface area contributed by atoms with Gasteiger partial charge in [-0.25, -0.2) is 0 Å². The second-order valence-corrected chi connectivity index (χ2v) is 28.0. The quantitative estimate of drug-likeness (QED) is 0.0275. The molecule has 0 unspecified atom stereocenters. The summed E-state index contributed by atoms with van der Waals surface area (Å²) in [4.78, 5) is 71.7. The Bertz CT molecular complexity index is 2990. The van der Waals surface area contributed by atoms with E-state index in [1.807, 2.05) is 76.2 Å². The molecule has 0 spiro atoms. The molecule has 80 heavy (non-hydrogen) atoms. The van der Waals surface area contributed by atoms with Crippen LogP contribution in [0.15, 0.2) is 133 Å². The first-order valence-electron chi connectivity index (χ1n) is 24.7. The van der Waals surface area contributed by atoms with Crippen LogP contribution in [-0.2, 0) is 40.7 Å². The summed E-state index contributed by atoms with van der Waals surface area (Å²) < 4.78 is 30.2. The van der Waals surface area contributed by atoms with E-state index in [-0.39, 0.29) is 154 Å². The summed E-state index contributed by atoms with van der Waals surface area (Å²) in [5, 5.41) is 43.1. The fraction of sp³-hybridized carbons (Fsp3) is 0.288. The third-order valence-corrected chi connectivity index (χ3v) is 18.5. The molecular weight excluding hydrogens is 1360 g/mol. The summed E-state index contributed by atoms with van der Waals surface area (Å²) in [6.45, 7) is 12.3. The smallest absolute Gasteiger partial charge is 0.550 e. The van der Waals surface area contributed by atoms with E-state index in [1.54, 1.807) is 104 Å². The molecule has 0 atom stereocenters. The number of carboxylic acid groups (broad SMARTS) is 4. The largest absolute Gasteiger partial charge is 1.00 e. The SMILES string of the molecule is Cc1cc(C)c(C(=O)P(=O)(c2ccccc2)c2ccccc2)c(C)c1CCl.Cc1cc(C)c(C(=O)P(=O)(c2ccccc2)c2ccccc2)c(C)c1CN(CCC(=O)[O-])CCC(=O)[O-].ICI.O=C(O)CCNCCC(=O)O.[K+].[K+]. The third kappa shape index (κ3) is 22.4. The van der Waals surface area contributed by atoms with Gasteiger partial charge >= 0.3 is 115 Å². The van der Waals surface area contributed by atoms with Gasteiger partial charge in [0.25, 0.3) is 0 Å². The Balaban J connectivity index is 0.000000650. The number of carbonyl (C=O) groups is 6. The first kappa shape index (κ1) is 76.0. The Kier molecular flexibility index (Phi) is 36.8. The predicted molar refractivity (Wildman–Crippen MR) is 324 cm³/mol. The second kappa shape index (κ2) is 38.8. The fourth-order valence-electron chi connectivity index (χ4n) is 8.70. The van der Waals surface area contributed by atoms with Crippen molar-refractivity contribution in [3.05, 3.63) is 189 Å². The van der Waals surface area contributed by atoms with Gasteiger partial charge in [-0.1, -0.05) is 179 Å². The van der Waals surface area contributed by atoms with Gasteiger partial charge in [0.05, 0.1) is 15.3 Å². The van der Waals surface area contributed by atoms with Crippen LogP contribution in [0.1, 0.15) is 90.9 Å². The Morgan fingerprint density at radius 1 is 0.512 bits per heavy atom. The van der Waals surface area contributed by atoms with Crippen LogP contribution in [0.25, 0.3) is 0 Å². The average molecular weight is 1420 g/mol. The number of nitrogens with one attached hydrogen (secondary N) is 1. The summed E-state index contributed by atoms with van der Waals surface area (Å²) in [5.74, 6) is -3.92. The molecule has 0 aliphatic heterocycles. The molecule has 0 fully saturated rings. The third-order valence-electron chi connectivity index (χ3n) is 12.6. The molecule has 0 aliphatic rings. The number of carboxylic acids is 4. The monoisotopic (exact) mass is 1420 g/mol. The van der Waals surface area contributed by atoms with E-state index in [2.05, 4.69) is 50.5 Å². The van der Waals surface area contributed by atoms with Gasteiger partial charge in [0.15, 0.2) is 0 Å². The molecule has 0 aliphatic carbocycles. The number of alkyl halides is 3. The zero-order valence-electron chi connectivity index (χ0n) is 46.4. The topological polar surface area (TPSA) is 238 Å². The number of rotatable bonds is 23. The molecule has 0 saturated carbocycles. The molecule has 0 bridgehead atoms. The van der Waals surface area contributed by atoms with Crippen molar-refractivity contribution >= 4 is 127 Å². The van der Waals surface area contributed by atoms with Crippen molar-refractivity contribution < 1.29 is 161 Å². The van der Waals surface area contributed by atoms with Crippen molar-refractivity contribution in [3.8, 4) is 0 Å². The average Bonchev–Trinajstić information content (AvgIpc) is 3.41. The summed E-state index contributed by atoms with van der Waals surface area (Å²) in [5.41, 5.74) is 6.65. The van der Waals surface area contributed by atoms with E-state index >= 15 is 0 Å². The fourth-order valence-corrected chi connectivity index (χ4v) is 14.3. The van der Waals surface area contributed by atoms with E-state index < -0.39 is 43.7 Å². The maximum absolute atomic E-state index is 14.7. The number of aliphatic carboxylic acids is 4. The number of hydrogen-bond acceptors (Lipinski definition) is 12. The van der Waals surface area contributed by atoms with Gasteiger partial charge in [0.2, 0.25) is 25.3 Å². The van der Waals surface area contributed by atoms with E-state index in [0.29, 0.717) is 62.4 Å². The Morgan fingerprint density at radius 3 is 1.07 bits per heavy atom. The molecule has 14 nitrogen and oxygen atoms in total. The number of carbonyl (C=O) groups excluding carboxylic acids is 4. The minimum absolute atomic E-state index is 0. The van der Waals surface area contributed by atoms with Crippen LogP contribution in [0, 0.1) is 41.5 Å². The van der Waals surface area contributed by atoms with Crippen molar-refractivity contribution in [3.63, 3.8) is 0 Å². The van der Waals surface area contributed by atoms with E-state index in [9.17, 15) is 48.1 Å². The van der Waals surface area contributed by atoms with Gasteiger partial charge in [-0.05, 0) is 98.9 Å². The molecular formula is C59H65ClI2K2N2O12P2.